The molecule has 0 saturated heterocycles. The van der Waals surface area contributed by atoms with E-state index in [1.54, 1.807) is 18.4 Å². The van der Waals surface area contributed by atoms with Crippen molar-refractivity contribution in [2.75, 3.05) is 25.6 Å². The molecule has 1 atom stereocenters. The molecule has 0 fully saturated rings. The van der Waals surface area contributed by atoms with E-state index >= 15 is 0 Å². The molecular weight excluding hydrogens is 246 g/mol. The van der Waals surface area contributed by atoms with Gasteiger partial charge in [-0.15, -0.1) is 0 Å². The molecule has 0 aliphatic carbocycles. The number of imidazole rings is 1. The normalized spacial score (nSPS) is 12.6. The molecule has 0 aromatic carbocycles. The highest BCUT2D eigenvalue weighted by Crippen LogP contribution is 2.24. The average molecular weight is 265 g/mol. The van der Waals surface area contributed by atoms with E-state index in [0.29, 0.717) is 12.6 Å². The van der Waals surface area contributed by atoms with Crippen molar-refractivity contribution in [3.8, 4) is 0 Å². The van der Waals surface area contributed by atoms with E-state index in [1.165, 1.54) is 5.56 Å². The summed E-state index contributed by atoms with van der Waals surface area (Å²) in [6, 6.07) is 2.45. The monoisotopic (exact) mass is 265 g/mol. The van der Waals surface area contributed by atoms with Crippen LogP contribution in [0.5, 0.6) is 0 Å². The van der Waals surface area contributed by atoms with Gasteiger partial charge in [0.1, 0.15) is 0 Å². The van der Waals surface area contributed by atoms with Crippen LogP contribution in [0, 0.1) is 6.92 Å². The first-order valence-electron chi connectivity index (χ1n) is 6.02. The number of anilines is 1. The quantitative estimate of drug-likeness (QED) is 0.816. The summed E-state index contributed by atoms with van der Waals surface area (Å²) in [7, 11) is 1.70. The molecule has 2 heterocycles. The fourth-order valence-electron chi connectivity index (χ4n) is 1.88. The molecule has 98 valence electrons. The summed E-state index contributed by atoms with van der Waals surface area (Å²) < 4.78 is 7.22. The van der Waals surface area contributed by atoms with Gasteiger partial charge in [0.25, 0.3) is 0 Å². The second-order valence-corrected chi connectivity index (χ2v) is 5.05. The largest absolute Gasteiger partial charge is 0.383 e. The Morgan fingerprint density at radius 2 is 2.39 bits per heavy atom. The predicted molar refractivity (Wildman–Crippen MR) is 75.5 cm³/mol. The molecule has 0 amide bonds. The molecule has 0 spiro atoms. The maximum Gasteiger partial charge on any atom is 0.203 e. The number of methoxy groups -OCH3 is 1. The van der Waals surface area contributed by atoms with Gasteiger partial charge in [-0.25, -0.2) is 4.98 Å². The Balaban J connectivity index is 2.16. The van der Waals surface area contributed by atoms with Gasteiger partial charge in [0, 0.05) is 19.9 Å². The smallest absolute Gasteiger partial charge is 0.203 e. The highest BCUT2D eigenvalue weighted by atomic mass is 32.1. The number of rotatable bonds is 6. The number of ether oxygens (including phenoxy) is 1. The van der Waals surface area contributed by atoms with Crippen molar-refractivity contribution in [2.24, 2.45) is 0 Å². The number of aryl methyl sites for hydroxylation is 1. The zero-order chi connectivity index (χ0) is 13.0. The Labute approximate surface area is 112 Å². The number of hydrogen-bond acceptors (Lipinski definition) is 4. The van der Waals surface area contributed by atoms with Crippen LogP contribution in [-0.4, -0.2) is 29.8 Å². The van der Waals surface area contributed by atoms with Gasteiger partial charge < -0.3 is 14.6 Å². The minimum atomic E-state index is 0.294. The molecule has 18 heavy (non-hydrogen) atoms. The van der Waals surface area contributed by atoms with Crippen LogP contribution in [-0.2, 0) is 4.74 Å². The summed E-state index contributed by atoms with van der Waals surface area (Å²) in [4.78, 5) is 4.51. The second kappa shape index (κ2) is 6.02. The topological polar surface area (TPSA) is 39.1 Å². The third-order valence-electron chi connectivity index (χ3n) is 2.88. The van der Waals surface area contributed by atoms with E-state index in [2.05, 4.69) is 44.8 Å². The van der Waals surface area contributed by atoms with E-state index in [0.717, 1.165) is 18.2 Å². The van der Waals surface area contributed by atoms with Crippen molar-refractivity contribution in [3.05, 3.63) is 34.3 Å². The fraction of sp³-hybridized carbons (Fsp3) is 0.462. The maximum absolute atomic E-state index is 5.05. The molecule has 0 aliphatic rings. The second-order valence-electron chi connectivity index (χ2n) is 4.27. The first-order valence-corrected chi connectivity index (χ1v) is 6.97. The SMILES string of the molecule is COCCNc1nc(C)cn1C(C)c1ccsc1. The molecule has 4 nitrogen and oxygen atoms in total. The van der Waals surface area contributed by atoms with Gasteiger partial charge >= 0.3 is 0 Å². The third kappa shape index (κ3) is 2.91. The Kier molecular flexibility index (Phi) is 4.38. The summed E-state index contributed by atoms with van der Waals surface area (Å²) >= 11 is 1.72. The zero-order valence-corrected chi connectivity index (χ0v) is 11.8. The van der Waals surface area contributed by atoms with Crippen LogP contribution >= 0.6 is 11.3 Å². The summed E-state index contributed by atoms with van der Waals surface area (Å²) in [5, 5.41) is 7.59. The van der Waals surface area contributed by atoms with Crippen LogP contribution in [0.3, 0.4) is 0 Å². The van der Waals surface area contributed by atoms with Crippen molar-refractivity contribution >= 4 is 17.3 Å². The lowest BCUT2D eigenvalue weighted by molar-refractivity contribution is 0.210. The highest BCUT2D eigenvalue weighted by Gasteiger charge is 2.13. The molecule has 0 bridgehead atoms. The summed E-state index contributed by atoms with van der Waals surface area (Å²) in [6.45, 7) is 5.64. The molecule has 0 radical (unpaired) electrons. The van der Waals surface area contributed by atoms with Gasteiger partial charge in [-0.05, 0) is 36.2 Å². The highest BCUT2D eigenvalue weighted by molar-refractivity contribution is 7.07. The Hall–Kier alpha value is -1.33. The van der Waals surface area contributed by atoms with E-state index in [4.69, 9.17) is 4.74 Å². The van der Waals surface area contributed by atoms with E-state index in [-0.39, 0.29) is 0 Å². The molecule has 1 N–H and O–H groups in total. The van der Waals surface area contributed by atoms with Gasteiger partial charge in [0.15, 0.2) is 0 Å². The van der Waals surface area contributed by atoms with Crippen molar-refractivity contribution in [2.45, 2.75) is 19.9 Å². The van der Waals surface area contributed by atoms with E-state index < -0.39 is 0 Å². The zero-order valence-electron chi connectivity index (χ0n) is 11.0. The van der Waals surface area contributed by atoms with Crippen LogP contribution < -0.4 is 5.32 Å². The molecule has 0 aliphatic heterocycles. The number of hydrogen-bond donors (Lipinski definition) is 1. The van der Waals surface area contributed by atoms with Crippen LogP contribution in [0.25, 0.3) is 0 Å². The van der Waals surface area contributed by atoms with Gasteiger partial charge in [0.05, 0.1) is 18.3 Å². The van der Waals surface area contributed by atoms with Gasteiger partial charge in [-0.2, -0.15) is 11.3 Å². The minimum absolute atomic E-state index is 0.294. The minimum Gasteiger partial charge on any atom is -0.383 e. The maximum atomic E-state index is 5.05. The Morgan fingerprint density at radius 1 is 1.56 bits per heavy atom. The number of thiophene rings is 1. The van der Waals surface area contributed by atoms with Crippen molar-refractivity contribution in [1.29, 1.82) is 0 Å². The van der Waals surface area contributed by atoms with Gasteiger partial charge in [-0.3, -0.25) is 0 Å². The van der Waals surface area contributed by atoms with Crippen molar-refractivity contribution in [1.82, 2.24) is 9.55 Å². The summed E-state index contributed by atoms with van der Waals surface area (Å²) in [6.07, 6.45) is 2.08. The van der Waals surface area contributed by atoms with Crippen LogP contribution in [0.4, 0.5) is 5.95 Å². The number of nitrogens with one attached hydrogen (secondary N) is 1. The molecule has 0 saturated carbocycles. The molecule has 2 aromatic rings. The molecular formula is C13H19N3OS. The first-order chi connectivity index (χ1) is 8.72. The van der Waals surface area contributed by atoms with Crippen molar-refractivity contribution < 1.29 is 4.74 Å². The Morgan fingerprint density at radius 3 is 3.06 bits per heavy atom. The Bertz CT molecular complexity index is 478. The first kappa shape index (κ1) is 13.1. The van der Waals surface area contributed by atoms with Crippen LogP contribution in [0.1, 0.15) is 24.2 Å². The lowest BCUT2D eigenvalue weighted by atomic mass is 10.2. The predicted octanol–water partition coefficient (Wildman–Crippen LogP) is 2.92. The summed E-state index contributed by atoms with van der Waals surface area (Å²) in [5.41, 5.74) is 2.34. The average Bonchev–Trinajstić information content (AvgIpc) is 2.98. The lowest BCUT2D eigenvalue weighted by Gasteiger charge is -2.16. The molecule has 5 heteroatoms. The van der Waals surface area contributed by atoms with E-state index in [9.17, 15) is 0 Å². The van der Waals surface area contributed by atoms with Gasteiger partial charge in [0.2, 0.25) is 5.95 Å². The van der Waals surface area contributed by atoms with Crippen LogP contribution in [0.15, 0.2) is 23.0 Å². The number of nitrogens with zero attached hydrogens (tertiary/aromatic N) is 2. The molecule has 2 rings (SSSR count). The molecule has 1 unspecified atom stereocenters. The molecule has 2 aromatic heterocycles. The van der Waals surface area contributed by atoms with Crippen LogP contribution in [0.2, 0.25) is 0 Å². The van der Waals surface area contributed by atoms with E-state index in [1.807, 2.05) is 6.92 Å². The fourth-order valence-corrected chi connectivity index (χ4v) is 2.63. The van der Waals surface area contributed by atoms with Gasteiger partial charge in [-0.1, -0.05) is 0 Å². The standard InChI is InChI=1S/C13H19N3OS/c1-10-8-16(11(2)12-4-7-18-9-12)13(15-10)14-5-6-17-3/h4,7-9,11H,5-6H2,1-3H3,(H,14,15). The lowest BCUT2D eigenvalue weighted by Crippen LogP contribution is -2.14. The summed E-state index contributed by atoms with van der Waals surface area (Å²) in [5.74, 6) is 0.906. The number of aromatic nitrogens is 2. The third-order valence-corrected chi connectivity index (χ3v) is 3.59. The van der Waals surface area contributed by atoms with Crippen molar-refractivity contribution in [3.63, 3.8) is 0 Å².